The maximum Gasteiger partial charge on any atom is 0.251 e. The van der Waals surface area contributed by atoms with Crippen LogP contribution in [0.3, 0.4) is 0 Å². The van der Waals surface area contributed by atoms with Gasteiger partial charge >= 0.3 is 0 Å². The number of amides is 1. The molecular weight excluding hydrogens is 176 g/mol. The molecule has 1 N–H and O–H groups in total. The second-order valence-corrected chi connectivity index (χ2v) is 3.24. The molecule has 0 radical (unpaired) electrons. The largest absolute Gasteiger partial charge is 0.355 e. The average Bonchev–Trinajstić information content (AvgIpc) is 2.27. The van der Waals surface area contributed by atoms with Crippen LogP contribution in [-0.2, 0) is 6.42 Å². The molecule has 14 heavy (non-hydrogen) atoms. The van der Waals surface area contributed by atoms with Gasteiger partial charge in [0.1, 0.15) is 0 Å². The van der Waals surface area contributed by atoms with Crippen molar-refractivity contribution in [3.8, 4) is 0 Å². The molecule has 1 aliphatic carbocycles. The van der Waals surface area contributed by atoms with Crippen LogP contribution in [0.4, 0.5) is 0 Å². The summed E-state index contributed by atoms with van der Waals surface area (Å²) in [6, 6.07) is 1.76. The van der Waals surface area contributed by atoms with Crippen molar-refractivity contribution in [1.82, 2.24) is 10.3 Å². The zero-order valence-corrected chi connectivity index (χ0v) is 8.08. The summed E-state index contributed by atoms with van der Waals surface area (Å²) in [6.07, 6.45) is 7.70. The van der Waals surface area contributed by atoms with E-state index < -0.39 is 0 Å². The zero-order valence-electron chi connectivity index (χ0n) is 8.08. The van der Waals surface area contributed by atoms with Crippen molar-refractivity contribution in [3.63, 3.8) is 0 Å². The lowest BCUT2D eigenvalue weighted by molar-refractivity contribution is 0.0962. The first-order chi connectivity index (χ1) is 6.83. The fourth-order valence-electron chi connectivity index (χ4n) is 1.66. The van der Waals surface area contributed by atoms with Gasteiger partial charge in [0.15, 0.2) is 0 Å². The molecule has 2 rings (SSSR count). The molecule has 0 unspecified atom stereocenters. The molecule has 0 fully saturated rings. The lowest BCUT2D eigenvalue weighted by atomic mass is 9.98. The minimum Gasteiger partial charge on any atom is -0.355 e. The smallest absolute Gasteiger partial charge is 0.251 e. The standard InChI is InChI=1S/C11H12N2O/c1-12-11(14)9-6-7-13-10-5-3-2-4-8(9)10/h2,4,6-7H,3,5H2,1H3,(H,12,14). The number of aryl methyl sites for hydroxylation is 1. The Labute approximate surface area is 82.9 Å². The van der Waals surface area contributed by atoms with E-state index in [9.17, 15) is 4.79 Å². The van der Waals surface area contributed by atoms with E-state index >= 15 is 0 Å². The quantitative estimate of drug-likeness (QED) is 0.723. The monoisotopic (exact) mass is 188 g/mol. The molecule has 1 aromatic heterocycles. The van der Waals surface area contributed by atoms with Gasteiger partial charge in [-0.05, 0) is 18.9 Å². The summed E-state index contributed by atoms with van der Waals surface area (Å²) in [5.41, 5.74) is 2.71. The first-order valence-electron chi connectivity index (χ1n) is 4.69. The third-order valence-corrected chi connectivity index (χ3v) is 2.38. The summed E-state index contributed by atoms with van der Waals surface area (Å²) in [4.78, 5) is 15.8. The van der Waals surface area contributed by atoms with Crippen LogP contribution in [0.5, 0.6) is 0 Å². The number of fused-ring (bicyclic) bond motifs is 1. The minimum absolute atomic E-state index is 0.0461. The van der Waals surface area contributed by atoms with Crippen molar-refractivity contribution in [3.05, 3.63) is 35.2 Å². The van der Waals surface area contributed by atoms with Gasteiger partial charge in [0.05, 0.1) is 0 Å². The van der Waals surface area contributed by atoms with Crippen LogP contribution in [0.25, 0.3) is 6.08 Å². The SMILES string of the molecule is CNC(=O)c1ccnc2c1C=CCC2. The number of pyridine rings is 1. The molecule has 0 saturated carbocycles. The number of nitrogens with one attached hydrogen (secondary N) is 1. The molecule has 3 nitrogen and oxygen atoms in total. The Morgan fingerprint density at radius 3 is 3.21 bits per heavy atom. The molecule has 0 spiro atoms. The fraction of sp³-hybridized carbons (Fsp3) is 0.273. The van der Waals surface area contributed by atoms with Crippen molar-refractivity contribution in [2.24, 2.45) is 0 Å². The summed E-state index contributed by atoms with van der Waals surface area (Å²) in [6.45, 7) is 0. The number of hydrogen-bond acceptors (Lipinski definition) is 2. The summed E-state index contributed by atoms with van der Waals surface area (Å²) < 4.78 is 0. The second-order valence-electron chi connectivity index (χ2n) is 3.24. The highest BCUT2D eigenvalue weighted by Gasteiger charge is 2.14. The first kappa shape index (κ1) is 8.94. The summed E-state index contributed by atoms with van der Waals surface area (Å²) in [5.74, 6) is -0.0461. The third-order valence-electron chi connectivity index (χ3n) is 2.38. The van der Waals surface area contributed by atoms with Crippen molar-refractivity contribution in [1.29, 1.82) is 0 Å². The van der Waals surface area contributed by atoms with Crippen molar-refractivity contribution >= 4 is 12.0 Å². The first-order valence-corrected chi connectivity index (χ1v) is 4.69. The normalized spacial score (nSPS) is 13.5. The molecule has 1 aliphatic rings. The predicted octanol–water partition coefficient (Wildman–Crippen LogP) is 1.40. The van der Waals surface area contributed by atoms with E-state index in [2.05, 4.69) is 16.4 Å². The summed E-state index contributed by atoms with van der Waals surface area (Å²) in [5, 5.41) is 2.63. The van der Waals surface area contributed by atoms with Crippen molar-refractivity contribution < 1.29 is 4.79 Å². The Balaban J connectivity index is 2.52. The van der Waals surface area contributed by atoms with Crippen LogP contribution in [0, 0.1) is 0 Å². The number of carbonyl (C=O) groups is 1. The van der Waals surface area contributed by atoms with Crippen LogP contribution in [0.15, 0.2) is 18.3 Å². The second kappa shape index (κ2) is 3.62. The fourth-order valence-corrected chi connectivity index (χ4v) is 1.66. The van der Waals surface area contributed by atoms with Gasteiger partial charge in [-0.2, -0.15) is 0 Å². The summed E-state index contributed by atoms with van der Waals surface area (Å²) in [7, 11) is 1.64. The highest BCUT2D eigenvalue weighted by molar-refractivity contribution is 5.97. The molecule has 0 aliphatic heterocycles. The Morgan fingerprint density at radius 2 is 2.43 bits per heavy atom. The lowest BCUT2D eigenvalue weighted by Gasteiger charge is -2.12. The topological polar surface area (TPSA) is 42.0 Å². The van der Waals surface area contributed by atoms with E-state index in [0.29, 0.717) is 5.56 Å². The Kier molecular flexibility index (Phi) is 2.31. The van der Waals surface area contributed by atoms with Gasteiger partial charge < -0.3 is 5.32 Å². The Bertz CT molecular complexity index is 396. The number of hydrogen-bond donors (Lipinski definition) is 1. The number of nitrogens with zero attached hydrogens (tertiary/aromatic N) is 1. The van der Waals surface area contributed by atoms with Crippen LogP contribution in [0.2, 0.25) is 0 Å². The molecule has 1 heterocycles. The van der Waals surface area contributed by atoms with Gasteiger partial charge in [-0.15, -0.1) is 0 Å². The van der Waals surface area contributed by atoms with E-state index in [1.165, 1.54) is 0 Å². The van der Waals surface area contributed by atoms with Gasteiger partial charge in [-0.3, -0.25) is 9.78 Å². The Hall–Kier alpha value is -1.64. The lowest BCUT2D eigenvalue weighted by Crippen LogP contribution is -2.20. The molecule has 72 valence electrons. The van der Waals surface area contributed by atoms with E-state index in [1.807, 2.05) is 6.08 Å². The molecule has 0 aromatic carbocycles. The third kappa shape index (κ3) is 1.41. The number of aromatic nitrogens is 1. The molecule has 3 heteroatoms. The maximum absolute atomic E-state index is 11.5. The van der Waals surface area contributed by atoms with Crippen molar-refractivity contribution in [2.75, 3.05) is 7.05 Å². The molecule has 1 aromatic rings. The minimum atomic E-state index is -0.0461. The molecule has 1 amide bonds. The number of carbonyl (C=O) groups excluding carboxylic acids is 1. The zero-order chi connectivity index (χ0) is 9.97. The van der Waals surface area contributed by atoms with Crippen molar-refractivity contribution in [2.45, 2.75) is 12.8 Å². The van der Waals surface area contributed by atoms with Gasteiger partial charge in [-0.25, -0.2) is 0 Å². The van der Waals surface area contributed by atoms with Crippen LogP contribution >= 0.6 is 0 Å². The molecule has 0 atom stereocenters. The van der Waals surface area contributed by atoms with Gasteiger partial charge in [0.2, 0.25) is 0 Å². The molecular formula is C11H12N2O. The molecule has 0 bridgehead atoms. The van der Waals surface area contributed by atoms with E-state index in [0.717, 1.165) is 24.1 Å². The van der Waals surface area contributed by atoms with Gasteiger partial charge in [0.25, 0.3) is 5.91 Å². The Morgan fingerprint density at radius 1 is 1.57 bits per heavy atom. The average molecular weight is 188 g/mol. The van der Waals surface area contributed by atoms with Gasteiger partial charge in [0, 0.05) is 30.1 Å². The van der Waals surface area contributed by atoms with Gasteiger partial charge in [-0.1, -0.05) is 12.2 Å². The van der Waals surface area contributed by atoms with Crippen LogP contribution < -0.4 is 5.32 Å². The highest BCUT2D eigenvalue weighted by Crippen LogP contribution is 2.20. The van der Waals surface area contributed by atoms with Crippen LogP contribution in [-0.4, -0.2) is 17.9 Å². The van der Waals surface area contributed by atoms with Crippen LogP contribution in [0.1, 0.15) is 28.0 Å². The maximum atomic E-state index is 11.5. The van der Waals surface area contributed by atoms with E-state index in [-0.39, 0.29) is 5.91 Å². The number of rotatable bonds is 1. The highest BCUT2D eigenvalue weighted by atomic mass is 16.1. The summed E-state index contributed by atoms with van der Waals surface area (Å²) >= 11 is 0. The predicted molar refractivity (Wildman–Crippen MR) is 55.0 cm³/mol. The van der Waals surface area contributed by atoms with E-state index in [1.54, 1.807) is 19.3 Å². The molecule has 0 saturated heterocycles. The van der Waals surface area contributed by atoms with E-state index in [4.69, 9.17) is 0 Å². The number of allylic oxidation sites excluding steroid dienone is 1.